The molecule has 0 fully saturated rings. The summed E-state index contributed by atoms with van der Waals surface area (Å²) in [5, 5.41) is 3.86. The average molecular weight is 389 g/mol. The number of nitrogens with one attached hydrogen (secondary N) is 1. The number of likely N-dealkylation sites (N-methyl/N-ethyl adjacent to an activating group) is 1. The zero-order chi connectivity index (χ0) is 20.0. The summed E-state index contributed by atoms with van der Waals surface area (Å²) >= 11 is 0. The van der Waals surface area contributed by atoms with Crippen molar-refractivity contribution in [3.8, 4) is 5.75 Å². The number of ether oxygens (including phenoxy) is 1. The fraction of sp³-hybridized carbons (Fsp3) is 0.263. The van der Waals surface area contributed by atoms with Gasteiger partial charge < -0.3 is 4.74 Å². The smallest absolute Gasteiger partial charge is 0.255 e. The van der Waals surface area contributed by atoms with Crippen LogP contribution >= 0.6 is 0 Å². The Morgan fingerprint density at radius 3 is 2.41 bits per heavy atom. The Morgan fingerprint density at radius 2 is 1.78 bits per heavy atom. The van der Waals surface area contributed by atoms with Gasteiger partial charge in [0.05, 0.1) is 19.9 Å². The Bertz CT molecular complexity index is 938. The first-order valence-electron chi connectivity index (χ1n) is 8.23. The fourth-order valence-corrected chi connectivity index (χ4v) is 3.67. The molecule has 2 rings (SSSR count). The van der Waals surface area contributed by atoms with Crippen molar-refractivity contribution >= 4 is 22.1 Å². The van der Waals surface area contributed by atoms with E-state index in [1.165, 1.54) is 26.4 Å². The lowest BCUT2D eigenvalue weighted by molar-refractivity contribution is -0.121. The van der Waals surface area contributed by atoms with Crippen LogP contribution in [0.25, 0.3) is 0 Å². The minimum Gasteiger partial charge on any atom is -0.495 e. The molecule has 8 heteroatoms. The van der Waals surface area contributed by atoms with Crippen LogP contribution in [0.5, 0.6) is 5.75 Å². The maximum Gasteiger partial charge on any atom is 0.255 e. The highest BCUT2D eigenvalue weighted by molar-refractivity contribution is 7.89. The molecule has 0 spiro atoms. The van der Waals surface area contributed by atoms with E-state index >= 15 is 0 Å². The number of rotatable bonds is 7. The average Bonchev–Trinajstić information content (AvgIpc) is 2.63. The summed E-state index contributed by atoms with van der Waals surface area (Å²) < 4.78 is 31.6. The quantitative estimate of drug-likeness (QED) is 0.580. The Hall–Kier alpha value is -2.71. The van der Waals surface area contributed by atoms with Crippen molar-refractivity contribution in [2.45, 2.75) is 18.7 Å². The standard InChI is InChI=1S/C19H23N3O4S/c1-14-5-8-16(9-6-14)12-20-21-19(23)13-22(3)27(24,25)18-11-15(2)7-10-17(18)26-4/h5-12H,13H2,1-4H3,(H,21,23)/b20-12+. The highest BCUT2D eigenvalue weighted by atomic mass is 32.2. The van der Waals surface area contributed by atoms with Gasteiger partial charge in [0, 0.05) is 7.05 Å². The van der Waals surface area contributed by atoms with Crippen LogP contribution in [-0.2, 0) is 14.8 Å². The first kappa shape index (κ1) is 20.6. The summed E-state index contributed by atoms with van der Waals surface area (Å²) in [5.74, 6) is -0.318. The molecule has 0 aromatic heterocycles. The molecule has 0 unspecified atom stereocenters. The lowest BCUT2D eigenvalue weighted by Gasteiger charge is -2.18. The van der Waals surface area contributed by atoms with Gasteiger partial charge >= 0.3 is 0 Å². The minimum absolute atomic E-state index is 0.0171. The van der Waals surface area contributed by atoms with Gasteiger partial charge in [-0.2, -0.15) is 9.41 Å². The monoisotopic (exact) mass is 389 g/mol. The van der Waals surface area contributed by atoms with Gasteiger partial charge in [-0.05, 0) is 37.1 Å². The van der Waals surface area contributed by atoms with E-state index in [9.17, 15) is 13.2 Å². The number of amides is 1. The van der Waals surface area contributed by atoms with Gasteiger partial charge in [-0.1, -0.05) is 35.9 Å². The van der Waals surface area contributed by atoms with Crippen LogP contribution in [0.2, 0.25) is 0 Å². The number of nitrogens with zero attached hydrogens (tertiary/aromatic N) is 2. The summed E-state index contributed by atoms with van der Waals surface area (Å²) in [6, 6.07) is 12.4. The summed E-state index contributed by atoms with van der Waals surface area (Å²) in [4.78, 5) is 12.1. The molecule has 7 nitrogen and oxygen atoms in total. The van der Waals surface area contributed by atoms with Gasteiger partial charge in [0.25, 0.3) is 5.91 Å². The highest BCUT2D eigenvalue weighted by Gasteiger charge is 2.26. The third-order valence-corrected chi connectivity index (χ3v) is 5.68. The van der Waals surface area contributed by atoms with Crippen molar-refractivity contribution in [3.05, 3.63) is 59.2 Å². The molecule has 1 amide bonds. The molecule has 27 heavy (non-hydrogen) atoms. The van der Waals surface area contributed by atoms with Crippen LogP contribution < -0.4 is 10.2 Å². The van der Waals surface area contributed by atoms with Gasteiger partial charge in [-0.3, -0.25) is 4.79 Å². The Labute approximate surface area is 159 Å². The number of carbonyl (C=O) groups is 1. The number of sulfonamides is 1. The number of hydrogen-bond acceptors (Lipinski definition) is 5. The largest absolute Gasteiger partial charge is 0.495 e. The zero-order valence-electron chi connectivity index (χ0n) is 15.8. The lowest BCUT2D eigenvalue weighted by Crippen LogP contribution is -2.36. The van der Waals surface area contributed by atoms with Gasteiger partial charge in [0.1, 0.15) is 10.6 Å². The second-order valence-electron chi connectivity index (χ2n) is 6.12. The summed E-state index contributed by atoms with van der Waals surface area (Å²) in [7, 11) is -1.15. The van der Waals surface area contributed by atoms with Crippen LogP contribution in [0.4, 0.5) is 0 Å². The van der Waals surface area contributed by atoms with Crippen LogP contribution in [0.1, 0.15) is 16.7 Å². The predicted molar refractivity (Wildman–Crippen MR) is 104 cm³/mol. The molecule has 0 saturated heterocycles. The molecule has 0 bridgehead atoms. The molecule has 144 valence electrons. The van der Waals surface area contributed by atoms with Crippen molar-refractivity contribution in [1.82, 2.24) is 9.73 Å². The predicted octanol–water partition coefficient (Wildman–Crippen LogP) is 2.08. The molecular weight excluding hydrogens is 366 g/mol. The fourth-order valence-electron chi connectivity index (χ4n) is 2.31. The van der Waals surface area contributed by atoms with Crippen molar-refractivity contribution in [2.24, 2.45) is 5.10 Å². The SMILES string of the molecule is COc1ccc(C)cc1S(=O)(=O)N(C)CC(=O)N/N=C/c1ccc(C)cc1. The summed E-state index contributed by atoms with van der Waals surface area (Å²) in [6.45, 7) is 3.39. The molecule has 2 aromatic carbocycles. The van der Waals surface area contributed by atoms with Crippen molar-refractivity contribution in [2.75, 3.05) is 20.7 Å². The van der Waals surface area contributed by atoms with Gasteiger partial charge in [0.15, 0.2) is 0 Å². The van der Waals surface area contributed by atoms with E-state index in [0.717, 1.165) is 21.0 Å². The zero-order valence-corrected chi connectivity index (χ0v) is 16.6. The molecule has 0 aliphatic rings. The number of aryl methyl sites for hydroxylation is 2. The molecule has 0 heterocycles. The maximum absolute atomic E-state index is 12.8. The van der Waals surface area contributed by atoms with Gasteiger partial charge in [-0.25, -0.2) is 13.8 Å². The number of hydrogen-bond donors (Lipinski definition) is 1. The van der Waals surface area contributed by atoms with E-state index in [4.69, 9.17) is 4.74 Å². The molecule has 0 saturated carbocycles. The highest BCUT2D eigenvalue weighted by Crippen LogP contribution is 2.26. The van der Waals surface area contributed by atoms with Gasteiger partial charge in [0.2, 0.25) is 10.0 Å². The van der Waals surface area contributed by atoms with E-state index in [-0.39, 0.29) is 17.2 Å². The van der Waals surface area contributed by atoms with E-state index in [1.54, 1.807) is 19.1 Å². The Kier molecular flexibility index (Phi) is 6.70. The van der Waals surface area contributed by atoms with Crippen LogP contribution in [-0.4, -0.2) is 45.5 Å². The number of benzene rings is 2. The molecular formula is C19H23N3O4S. The Morgan fingerprint density at radius 1 is 1.15 bits per heavy atom. The molecule has 0 aliphatic heterocycles. The second kappa shape index (κ2) is 8.79. The number of carbonyl (C=O) groups excluding carboxylic acids is 1. The van der Waals surface area contributed by atoms with Crippen LogP contribution in [0, 0.1) is 13.8 Å². The summed E-state index contributed by atoms with van der Waals surface area (Å²) in [5.41, 5.74) is 5.05. The van der Waals surface area contributed by atoms with Crippen molar-refractivity contribution < 1.29 is 17.9 Å². The summed E-state index contributed by atoms with van der Waals surface area (Å²) in [6.07, 6.45) is 1.50. The van der Waals surface area contributed by atoms with E-state index < -0.39 is 15.9 Å². The maximum atomic E-state index is 12.8. The third kappa shape index (κ3) is 5.38. The molecule has 0 radical (unpaired) electrons. The molecule has 0 atom stereocenters. The van der Waals surface area contributed by atoms with E-state index in [0.29, 0.717) is 0 Å². The third-order valence-electron chi connectivity index (χ3n) is 3.85. The molecule has 0 aliphatic carbocycles. The second-order valence-corrected chi connectivity index (χ2v) is 8.13. The normalized spacial score (nSPS) is 11.7. The number of methoxy groups -OCH3 is 1. The lowest BCUT2D eigenvalue weighted by atomic mass is 10.2. The van der Waals surface area contributed by atoms with Crippen molar-refractivity contribution in [3.63, 3.8) is 0 Å². The number of hydrazone groups is 1. The molecule has 1 N–H and O–H groups in total. The molecule has 2 aromatic rings. The van der Waals surface area contributed by atoms with E-state index in [1.807, 2.05) is 31.2 Å². The first-order chi connectivity index (χ1) is 12.7. The van der Waals surface area contributed by atoms with Gasteiger partial charge in [-0.15, -0.1) is 0 Å². The van der Waals surface area contributed by atoms with E-state index in [2.05, 4.69) is 10.5 Å². The Balaban J connectivity index is 2.04. The minimum atomic E-state index is -3.89. The van der Waals surface area contributed by atoms with Crippen LogP contribution in [0.3, 0.4) is 0 Å². The van der Waals surface area contributed by atoms with Crippen molar-refractivity contribution in [1.29, 1.82) is 0 Å². The van der Waals surface area contributed by atoms with Crippen LogP contribution in [0.15, 0.2) is 52.5 Å². The first-order valence-corrected chi connectivity index (χ1v) is 9.67. The topological polar surface area (TPSA) is 88.1 Å².